The van der Waals surface area contributed by atoms with Gasteiger partial charge in [-0.3, -0.25) is 14.6 Å². The number of rotatable bonds is 3. The Morgan fingerprint density at radius 3 is 2.60 bits per heavy atom. The van der Waals surface area contributed by atoms with E-state index in [4.69, 9.17) is 14.5 Å². The molecule has 1 fully saturated rings. The zero-order valence-electron chi connectivity index (χ0n) is 23.2. The maximum absolute atomic E-state index is 14.1. The third kappa shape index (κ3) is 5.97. The van der Waals surface area contributed by atoms with Crippen molar-refractivity contribution in [2.75, 3.05) is 37.7 Å². The zero-order chi connectivity index (χ0) is 28.9. The van der Waals surface area contributed by atoms with Crippen molar-refractivity contribution in [2.24, 2.45) is 0 Å². The third-order valence-electron chi connectivity index (χ3n) is 7.58. The fourth-order valence-corrected chi connectivity index (χ4v) is 5.31. The highest BCUT2D eigenvalue weighted by Gasteiger charge is 2.28. The monoisotopic (exact) mass is 569 g/mol. The van der Waals surface area contributed by atoms with Crippen LogP contribution in [0.3, 0.4) is 0 Å². The number of nitrogens with one attached hydrogen (secondary N) is 1. The summed E-state index contributed by atoms with van der Waals surface area (Å²) in [6, 6.07) is 17.7. The molecule has 9 nitrogen and oxygen atoms in total. The van der Waals surface area contributed by atoms with E-state index >= 15 is 0 Å². The van der Waals surface area contributed by atoms with E-state index in [2.05, 4.69) is 15.2 Å². The van der Waals surface area contributed by atoms with E-state index in [1.165, 1.54) is 12.1 Å². The number of hydrogen-bond acceptors (Lipinski definition) is 7. The molecular weight excluding hydrogens is 537 g/mol. The predicted octanol–water partition coefficient (Wildman–Crippen LogP) is 4.49. The summed E-state index contributed by atoms with van der Waals surface area (Å²) in [5.74, 6) is 0.483. The lowest BCUT2D eigenvalue weighted by atomic mass is 10.1. The number of amides is 2. The SMILES string of the molecule is O=C1NCc2ccc(F)cc2OCCCCC(=O)N2CCN(CC2)c2nc1c(OCc1ccccc1)c1ncccc21. The zero-order valence-corrected chi connectivity index (χ0v) is 23.2. The third-order valence-corrected chi connectivity index (χ3v) is 7.58. The summed E-state index contributed by atoms with van der Waals surface area (Å²) in [6.07, 6.45) is 3.42. The van der Waals surface area contributed by atoms with E-state index < -0.39 is 11.7 Å². The van der Waals surface area contributed by atoms with Crippen LogP contribution in [0, 0.1) is 5.82 Å². The van der Waals surface area contributed by atoms with Gasteiger partial charge in [0.2, 0.25) is 5.91 Å². The van der Waals surface area contributed by atoms with Crippen LogP contribution in [0.2, 0.25) is 0 Å². The number of carbonyl (C=O) groups excluding carboxylic acids is 2. The lowest BCUT2D eigenvalue weighted by Crippen LogP contribution is -2.49. The summed E-state index contributed by atoms with van der Waals surface area (Å²) < 4.78 is 26.2. The molecule has 42 heavy (non-hydrogen) atoms. The molecule has 0 spiro atoms. The lowest BCUT2D eigenvalue weighted by Gasteiger charge is -2.36. The molecule has 10 heteroatoms. The molecule has 2 aromatic heterocycles. The number of hydrogen-bond donors (Lipinski definition) is 1. The first-order valence-corrected chi connectivity index (χ1v) is 14.2. The Bertz CT molecular complexity index is 1590. The van der Waals surface area contributed by atoms with Crippen LogP contribution in [-0.4, -0.2) is 59.5 Å². The molecule has 0 aliphatic carbocycles. The average molecular weight is 570 g/mol. The van der Waals surface area contributed by atoms with Gasteiger partial charge in [-0.05, 0) is 36.6 Å². The second-order valence-electron chi connectivity index (χ2n) is 10.4. The van der Waals surface area contributed by atoms with Crippen LogP contribution in [0.5, 0.6) is 11.5 Å². The summed E-state index contributed by atoms with van der Waals surface area (Å²) in [7, 11) is 0. The molecule has 0 unspecified atom stereocenters. The van der Waals surface area contributed by atoms with E-state index in [0.29, 0.717) is 74.7 Å². The van der Waals surface area contributed by atoms with Crippen LogP contribution in [0.4, 0.5) is 10.2 Å². The highest BCUT2D eigenvalue weighted by molar-refractivity contribution is 6.04. The van der Waals surface area contributed by atoms with Crippen LogP contribution in [-0.2, 0) is 17.9 Å². The minimum Gasteiger partial charge on any atom is -0.493 e. The molecule has 4 bridgehead atoms. The van der Waals surface area contributed by atoms with Crippen molar-refractivity contribution in [2.45, 2.75) is 32.4 Å². The quantitative estimate of drug-likeness (QED) is 0.388. The van der Waals surface area contributed by atoms with E-state index in [1.807, 2.05) is 47.4 Å². The van der Waals surface area contributed by atoms with Crippen molar-refractivity contribution in [3.8, 4) is 11.5 Å². The fourth-order valence-electron chi connectivity index (χ4n) is 5.31. The number of carbonyl (C=O) groups is 2. The molecular formula is C32H32FN5O4. The van der Waals surface area contributed by atoms with Crippen molar-refractivity contribution in [1.29, 1.82) is 0 Å². The number of aromatic nitrogens is 2. The molecule has 3 aliphatic rings. The predicted molar refractivity (Wildman–Crippen MR) is 156 cm³/mol. The van der Waals surface area contributed by atoms with E-state index in [1.54, 1.807) is 12.3 Å². The molecule has 1 saturated heterocycles. The number of halogens is 1. The van der Waals surface area contributed by atoms with Crippen LogP contribution >= 0.6 is 0 Å². The number of piperazine rings is 1. The van der Waals surface area contributed by atoms with Crippen molar-refractivity contribution in [1.82, 2.24) is 20.2 Å². The Morgan fingerprint density at radius 1 is 0.952 bits per heavy atom. The van der Waals surface area contributed by atoms with Crippen LogP contribution in [0.15, 0.2) is 66.9 Å². The number of fused-ring (bicyclic) bond motifs is 10. The van der Waals surface area contributed by atoms with Crippen LogP contribution in [0.1, 0.15) is 40.9 Å². The van der Waals surface area contributed by atoms with Crippen LogP contribution in [0.25, 0.3) is 10.9 Å². The minimum atomic E-state index is -0.447. The summed E-state index contributed by atoms with van der Waals surface area (Å²) >= 11 is 0. The topological polar surface area (TPSA) is 96.9 Å². The Kier molecular flexibility index (Phi) is 8.12. The smallest absolute Gasteiger partial charge is 0.274 e. The molecule has 3 aliphatic heterocycles. The molecule has 7 rings (SSSR count). The molecule has 1 N–H and O–H groups in total. The summed E-state index contributed by atoms with van der Waals surface area (Å²) in [5.41, 5.74) is 2.20. The second kappa shape index (κ2) is 12.4. The van der Waals surface area contributed by atoms with Gasteiger partial charge in [0.1, 0.15) is 29.5 Å². The number of benzene rings is 2. The standard InChI is InChI=1S/C32H32FN5O4/c33-24-12-11-23-20-35-32(40)29-30(42-21-22-7-2-1-3-8-22)28-25(9-6-13-34-28)31(36-29)38-16-14-37(15-17-38)27(39)10-4-5-18-41-26(23)19-24/h1-3,6-9,11-13,19H,4-5,10,14-18,20-21H2,(H,35,40). The lowest BCUT2D eigenvalue weighted by molar-refractivity contribution is -0.131. The molecule has 0 radical (unpaired) electrons. The Balaban J connectivity index is 1.41. The number of ether oxygens (including phenoxy) is 2. The van der Waals surface area contributed by atoms with Gasteiger partial charge in [-0.1, -0.05) is 36.4 Å². The first kappa shape index (κ1) is 27.4. The van der Waals surface area contributed by atoms with Crippen molar-refractivity contribution in [3.05, 3.63) is 89.5 Å². The van der Waals surface area contributed by atoms with Gasteiger partial charge < -0.3 is 24.6 Å². The summed E-state index contributed by atoms with van der Waals surface area (Å²) in [6.45, 7) is 2.93. The first-order valence-electron chi connectivity index (χ1n) is 14.2. The molecule has 0 atom stereocenters. The highest BCUT2D eigenvalue weighted by atomic mass is 19.1. The summed E-state index contributed by atoms with van der Waals surface area (Å²) in [5, 5.41) is 3.70. The van der Waals surface area contributed by atoms with E-state index in [-0.39, 0.29) is 30.5 Å². The number of nitrogens with zero attached hydrogens (tertiary/aromatic N) is 4. The normalized spacial score (nSPS) is 16.3. The Morgan fingerprint density at radius 2 is 1.76 bits per heavy atom. The van der Waals surface area contributed by atoms with Crippen molar-refractivity contribution < 1.29 is 23.5 Å². The minimum absolute atomic E-state index is 0.0982. The second-order valence-corrected chi connectivity index (χ2v) is 10.4. The Labute approximate surface area is 243 Å². The maximum atomic E-state index is 14.1. The number of pyridine rings is 2. The van der Waals surface area contributed by atoms with E-state index in [0.717, 1.165) is 10.9 Å². The van der Waals surface area contributed by atoms with Gasteiger partial charge in [0.25, 0.3) is 5.91 Å². The van der Waals surface area contributed by atoms with Gasteiger partial charge in [-0.2, -0.15) is 0 Å². The van der Waals surface area contributed by atoms with Gasteiger partial charge in [-0.15, -0.1) is 0 Å². The van der Waals surface area contributed by atoms with Gasteiger partial charge in [0.05, 0.1) is 6.61 Å². The molecule has 216 valence electrons. The Hall–Kier alpha value is -4.73. The maximum Gasteiger partial charge on any atom is 0.274 e. The molecule has 5 heterocycles. The number of anilines is 1. The van der Waals surface area contributed by atoms with Gasteiger partial charge in [0.15, 0.2) is 11.4 Å². The van der Waals surface area contributed by atoms with Gasteiger partial charge in [-0.25, -0.2) is 9.37 Å². The molecule has 0 saturated carbocycles. The highest BCUT2D eigenvalue weighted by Crippen LogP contribution is 2.35. The van der Waals surface area contributed by atoms with Crippen molar-refractivity contribution in [3.63, 3.8) is 0 Å². The molecule has 4 aromatic rings. The molecule has 2 aromatic carbocycles. The largest absolute Gasteiger partial charge is 0.493 e. The van der Waals surface area contributed by atoms with Gasteiger partial charge >= 0.3 is 0 Å². The molecule has 2 amide bonds. The van der Waals surface area contributed by atoms with E-state index in [9.17, 15) is 14.0 Å². The van der Waals surface area contributed by atoms with Crippen molar-refractivity contribution >= 4 is 28.5 Å². The summed E-state index contributed by atoms with van der Waals surface area (Å²) in [4.78, 5) is 40.2. The average Bonchev–Trinajstić information content (AvgIpc) is 3.02. The van der Waals surface area contributed by atoms with Gasteiger partial charge in [0, 0.05) is 62.4 Å². The fraction of sp³-hybridized carbons (Fsp3) is 0.312. The van der Waals surface area contributed by atoms with Crippen LogP contribution < -0.4 is 19.7 Å². The first-order chi connectivity index (χ1) is 20.6.